The second-order valence-electron chi connectivity index (χ2n) is 12.3. The van der Waals surface area contributed by atoms with E-state index in [-0.39, 0.29) is 0 Å². The Kier molecular flexibility index (Phi) is 8.01. The fraction of sp³-hybridized carbons (Fsp3) is 0. The summed E-state index contributed by atoms with van der Waals surface area (Å²) in [6, 6.07) is 60.5. The van der Waals surface area contributed by atoms with Crippen LogP contribution in [0.15, 0.2) is 195 Å². The van der Waals surface area contributed by atoms with Gasteiger partial charge in [0, 0.05) is 68.1 Å². The molecule has 242 valence electrons. The Morgan fingerprint density at radius 1 is 0.333 bits per heavy atom. The highest BCUT2D eigenvalue weighted by molar-refractivity contribution is 7.18. The van der Waals surface area contributed by atoms with Crippen LogP contribution in [0.3, 0.4) is 0 Å². The van der Waals surface area contributed by atoms with Crippen LogP contribution < -0.4 is 9.80 Å². The zero-order valence-electron chi connectivity index (χ0n) is 27.7. The third-order valence-electron chi connectivity index (χ3n) is 9.28. The Labute approximate surface area is 301 Å². The van der Waals surface area contributed by atoms with Crippen molar-refractivity contribution in [3.05, 3.63) is 195 Å². The van der Waals surface area contributed by atoms with Gasteiger partial charge in [0.1, 0.15) is 0 Å². The second kappa shape index (κ2) is 13.4. The van der Waals surface area contributed by atoms with Crippen molar-refractivity contribution in [3.63, 3.8) is 0 Å². The minimum absolute atomic E-state index is 1.07. The van der Waals surface area contributed by atoms with E-state index in [1.807, 2.05) is 36.1 Å². The molecular formula is C46H32N4S. The minimum atomic E-state index is 1.07. The van der Waals surface area contributed by atoms with E-state index in [2.05, 4.69) is 190 Å². The van der Waals surface area contributed by atoms with Gasteiger partial charge < -0.3 is 9.80 Å². The molecule has 9 aromatic rings. The summed E-state index contributed by atoms with van der Waals surface area (Å²) >= 11 is 1.81. The van der Waals surface area contributed by atoms with E-state index in [4.69, 9.17) is 0 Å². The molecule has 0 fully saturated rings. The molecule has 3 heterocycles. The zero-order valence-corrected chi connectivity index (χ0v) is 28.5. The fourth-order valence-corrected chi connectivity index (χ4v) is 7.86. The molecule has 0 amide bonds. The normalized spacial score (nSPS) is 11.1. The topological polar surface area (TPSA) is 32.3 Å². The first-order chi connectivity index (χ1) is 25.3. The predicted molar refractivity (Wildman–Crippen MR) is 215 cm³/mol. The van der Waals surface area contributed by atoms with Gasteiger partial charge in [-0.2, -0.15) is 0 Å². The zero-order chi connectivity index (χ0) is 34.0. The number of benzene rings is 6. The molecule has 5 heteroatoms. The molecule has 4 nitrogen and oxygen atoms in total. The highest BCUT2D eigenvalue weighted by Gasteiger charge is 2.17. The smallest absolute Gasteiger partial charge is 0.0540 e. The van der Waals surface area contributed by atoms with Gasteiger partial charge in [0.15, 0.2) is 0 Å². The van der Waals surface area contributed by atoms with Gasteiger partial charge in [0.05, 0.1) is 11.4 Å². The molecule has 6 aromatic carbocycles. The number of hydrogen-bond donors (Lipinski definition) is 0. The van der Waals surface area contributed by atoms with E-state index in [1.165, 1.54) is 42.4 Å². The number of anilines is 6. The first-order valence-electron chi connectivity index (χ1n) is 17.0. The molecule has 0 unspecified atom stereocenters. The van der Waals surface area contributed by atoms with Crippen LogP contribution in [0.1, 0.15) is 0 Å². The van der Waals surface area contributed by atoms with E-state index in [9.17, 15) is 0 Å². The number of nitrogens with zero attached hydrogens (tertiary/aromatic N) is 4. The molecule has 51 heavy (non-hydrogen) atoms. The lowest BCUT2D eigenvalue weighted by molar-refractivity contribution is 1.25. The lowest BCUT2D eigenvalue weighted by Crippen LogP contribution is -2.10. The van der Waals surface area contributed by atoms with Crippen LogP contribution in [-0.4, -0.2) is 9.97 Å². The summed E-state index contributed by atoms with van der Waals surface area (Å²) in [7, 11) is 0. The third-order valence-corrected chi connectivity index (χ3v) is 10.5. The van der Waals surface area contributed by atoms with Crippen molar-refractivity contribution in [2.75, 3.05) is 9.80 Å². The summed E-state index contributed by atoms with van der Waals surface area (Å²) in [6.45, 7) is 0. The Morgan fingerprint density at radius 3 is 1.14 bits per heavy atom. The highest BCUT2D eigenvalue weighted by atomic mass is 32.1. The van der Waals surface area contributed by atoms with Crippen LogP contribution >= 0.6 is 11.3 Å². The Bertz CT molecular complexity index is 2390. The summed E-state index contributed by atoms with van der Waals surface area (Å²) in [5, 5.41) is 4.83. The number of hydrogen-bond acceptors (Lipinski definition) is 5. The molecule has 9 rings (SSSR count). The van der Waals surface area contributed by atoms with Crippen LogP contribution in [0.25, 0.3) is 42.4 Å². The van der Waals surface area contributed by atoms with E-state index in [0.717, 1.165) is 34.1 Å². The minimum Gasteiger partial charge on any atom is -0.310 e. The van der Waals surface area contributed by atoms with Gasteiger partial charge in [-0.1, -0.05) is 97.1 Å². The molecular weight excluding hydrogens is 641 g/mol. The SMILES string of the molecule is c1ccc2c(N(c3ccncc3)c3ccc(-c4ccc(-c5ccc(N(c6ccncc6)c6cccc7ccccc67)cc5)s4)cc3)cccc2c1. The van der Waals surface area contributed by atoms with Gasteiger partial charge in [-0.3, -0.25) is 9.97 Å². The number of thiophene rings is 1. The number of rotatable bonds is 8. The highest BCUT2D eigenvalue weighted by Crippen LogP contribution is 2.42. The molecule has 0 aliphatic heterocycles. The molecule has 3 aromatic heterocycles. The number of pyridine rings is 2. The van der Waals surface area contributed by atoms with E-state index in [0.29, 0.717) is 0 Å². The summed E-state index contributed by atoms with van der Waals surface area (Å²) in [5.74, 6) is 0. The van der Waals surface area contributed by atoms with Crippen molar-refractivity contribution in [2.24, 2.45) is 0 Å². The van der Waals surface area contributed by atoms with Crippen molar-refractivity contribution in [2.45, 2.75) is 0 Å². The predicted octanol–water partition coefficient (Wildman–Crippen LogP) is 13.1. The van der Waals surface area contributed by atoms with Crippen LogP contribution in [0.4, 0.5) is 34.1 Å². The molecule has 0 saturated carbocycles. The lowest BCUT2D eigenvalue weighted by Gasteiger charge is -2.26. The first-order valence-corrected chi connectivity index (χ1v) is 17.8. The molecule has 0 bridgehead atoms. The third kappa shape index (κ3) is 5.90. The molecule has 0 aliphatic rings. The van der Waals surface area contributed by atoms with Gasteiger partial charge in [-0.15, -0.1) is 11.3 Å². The van der Waals surface area contributed by atoms with Crippen molar-refractivity contribution in [3.8, 4) is 20.9 Å². The molecule has 0 radical (unpaired) electrons. The van der Waals surface area contributed by atoms with Gasteiger partial charge in [-0.05, 0) is 94.7 Å². The number of fused-ring (bicyclic) bond motifs is 2. The Balaban J connectivity index is 1.02. The molecule has 0 aliphatic carbocycles. The average molecular weight is 673 g/mol. The second-order valence-corrected chi connectivity index (χ2v) is 13.4. The molecule has 0 saturated heterocycles. The average Bonchev–Trinajstić information content (AvgIpc) is 3.70. The van der Waals surface area contributed by atoms with Crippen LogP contribution in [-0.2, 0) is 0 Å². The van der Waals surface area contributed by atoms with Gasteiger partial charge in [0.2, 0.25) is 0 Å². The maximum absolute atomic E-state index is 4.28. The van der Waals surface area contributed by atoms with Crippen LogP contribution in [0.5, 0.6) is 0 Å². The lowest BCUT2D eigenvalue weighted by atomic mass is 10.1. The quantitative estimate of drug-likeness (QED) is 0.161. The fourth-order valence-electron chi connectivity index (χ4n) is 6.85. The van der Waals surface area contributed by atoms with Gasteiger partial charge in [-0.25, -0.2) is 0 Å². The Morgan fingerprint density at radius 2 is 0.706 bits per heavy atom. The van der Waals surface area contributed by atoms with E-state index >= 15 is 0 Å². The first kappa shape index (κ1) is 30.5. The van der Waals surface area contributed by atoms with Crippen LogP contribution in [0.2, 0.25) is 0 Å². The standard InChI is InChI=1S/C46H32N4S/c1-3-11-41-33(7-1)9-5-13-43(41)49(39-25-29-47-30-26-39)37-19-15-35(16-20-37)45-23-24-46(51-45)36-17-21-38(22-18-36)50(40-27-31-48-32-28-40)44-14-6-10-34-8-2-4-12-42(34)44/h1-32H. The summed E-state index contributed by atoms with van der Waals surface area (Å²) in [4.78, 5) is 15.6. The monoisotopic (exact) mass is 672 g/mol. The Hall–Kier alpha value is -6.56. The molecule has 0 N–H and O–H groups in total. The summed E-state index contributed by atoms with van der Waals surface area (Å²) in [6.07, 6.45) is 7.40. The van der Waals surface area contributed by atoms with Crippen molar-refractivity contribution < 1.29 is 0 Å². The van der Waals surface area contributed by atoms with E-state index < -0.39 is 0 Å². The molecule has 0 atom stereocenters. The van der Waals surface area contributed by atoms with Crippen LogP contribution in [0, 0.1) is 0 Å². The van der Waals surface area contributed by atoms with Crippen molar-refractivity contribution in [1.82, 2.24) is 9.97 Å². The summed E-state index contributed by atoms with van der Waals surface area (Å²) in [5.41, 5.74) is 8.99. The van der Waals surface area contributed by atoms with E-state index in [1.54, 1.807) is 0 Å². The van der Waals surface area contributed by atoms with Crippen molar-refractivity contribution in [1.29, 1.82) is 0 Å². The van der Waals surface area contributed by atoms with Crippen molar-refractivity contribution >= 4 is 67.0 Å². The summed E-state index contributed by atoms with van der Waals surface area (Å²) < 4.78 is 0. The van der Waals surface area contributed by atoms with Gasteiger partial charge in [0.25, 0.3) is 0 Å². The maximum Gasteiger partial charge on any atom is 0.0540 e. The largest absolute Gasteiger partial charge is 0.310 e. The number of aromatic nitrogens is 2. The van der Waals surface area contributed by atoms with Gasteiger partial charge >= 0.3 is 0 Å². The molecule has 0 spiro atoms. The maximum atomic E-state index is 4.28.